The highest BCUT2D eigenvalue weighted by Crippen LogP contribution is 2.25. The first kappa shape index (κ1) is 18.6. The summed E-state index contributed by atoms with van der Waals surface area (Å²) in [6.45, 7) is -0.426. The minimum atomic E-state index is -0.661. The Balaban J connectivity index is 1.86. The molecular formula is C17H16BrNO6. The maximum atomic E-state index is 11.9. The highest BCUT2D eigenvalue weighted by molar-refractivity contribution is 9.10. The molecule has 0 bridgehead atoms. The van der Waals surface area contributed by atoms with E-state index < -0.39 is 18.5 Å². The predicted octanol–water partition coefficient (Wildman–Crippen LogP) is 3.25. The van der Waals surface area contributed by atoms with Crippen molar-refractivity contribution in [3.63, 3.8) is 0 Å². The number of benzene rings is 1. The fraction of sp³-hybridized carbons (Fsp3) is 0.176. The lowest BCUT2D eigenvalue weighted by molar-refractivity contribution is -0.142. The van der Waals surface area contributed by atoms with E-state index >= 15 is 0 Å². The van der Waals surface area contributed by atoms with Gasteiger partial charge in [-0.25, -0.2) is 4.79 Å². The first-order valence-corrected chi connectivity index (χ1v) is 7.92. The van der Waals surface area contributed by atoms with Gasteiger partial charge in [0, 0.05) is 30.0 Å². The Labute approximate surface area is 152 Å². The molecule has 0 radical (unpaired) electrons. The number of nitrogens with one attached hydrogen (secondary N) is 1. The van der Waals surface area contributed by atoms with Crippen molar-refractivity contribution >= 4 is 39.6 Å². The quantitative estimate of drug-likeness (QED) is 0.557. The molecule has 7 nitrogen and oxygen atoms in total. The molecule has 0 saturated carbocycles. The van der Waals surface area contributed by atoms with Crippen LogP contribution in [0.4, 0.5) is 5.69 Å². The molecule has 1 heterocycles. The molecule has 0 spiro atoms. The van der Waals surface area contributed by atoms with Crippen LogP contribution >= 0.6 is 15.9 Å². The smallest absolute Gasteiger partial charge is 0.331 e. The number of ether oxygens (including phenoxy) is 3. The maximum Gasteiger partial charge on any atom is 0.331 e. The Morgan fingerprint density at radius 3 is 2.40 bits per heavy atom. The zero-order chi connectivity index (χ0) is 18.2. The largest absolute Gasteiger partial charge is 0.497 e. The number of hydrogen-bond acceptors (Lipinski definition) is 6. The molecule has 2 rings (SSSR count). The first-order valence-electron chi connectivity index (χ1n) is 7.13. The Bertz CT molecular complexity index is 761. The van der Waals surface area contributed by atoms with Crippen LogP contribution < -0.4 is 14.8 Å². The molecule has 0 unspecified atom stereocenters. The Kier molecular flexibility index (Phi) is 6.64. The van der Waals surface area contributed by atoms with Crippen molar-refractivity contribution in [2.24, 2.45) is 0 Å². The second-order valence-corrected chi connectivity index (χ2v) is 5.51. The predicted molar refractivity (Wildman–Crippen MR) is 94.6 cm³/mol. The normalized spacial score (nSPS) is 10.5. The summed E-state index contributed by atoms with van der Waals surface area (Å²) < 4.78 is 20.8. The van der Waals surface area contributed by atoms with Gasteiger partial charge >= 0.3 is 5.97 Å². The van der Waals surface area contributed by atoms with Crippen LogP contribution in [0.2, 0.25) is 0 Å². The van der Waals surface area contributed by atoms with Crippen molar-refractivity contribution in [2.75, 3.05) is 26.1 Å². The molecular weight excluding hydrogens is 394 g/mol. The Morgan fingerprint density at radius 2 is 1.84 bits per heavy atom. The fourth-order valence-corrected chi connectivity index (χ4v) is 2.15. The average molecular weight is 410 g/mol. The van der Waals surface area contributed by atoms with Crippen LogP contribution in [-0.4, -0.2) is 32.7 Å². The van der Waals surface area contributed by atoms with Gasteiger partial charge < -0.3 is 23.9 Å². The van der Waals surface area contributed by atoms with E-state index in [2.05, 4.69) is 21.2 Å². The lowest BCUT2D eigenvalue weighted by Gasteiger charge is -2.09. The van der Waals surface area contributed by atoms with Crippen LogP contribution in [0.3, 0.4) is 0 Å². The van der Waals surface area contributed by atoms with Gasteiger partial charge in [0.1, 0.15) is 17.3 Å². The molecule has 1 N–H and O–H groups in total. The number of halogens is 1. The van der Waals surface area contributed by atoms with E-state index in [1.165, 1.54) is 26.4 Å². The third-order valence-electron chi connectivity index (χ3n) is 2.96. The molecule has 1 aromatic heterocycles. The topological polar surface area (TPSA) is 87.0 Å². The number of anilines is 1. The van der Waals surface area contributed by atoms with E-state index in [0.717, 1.165) is 0 Å². The van der Waals surface area contributed by atoms with E-state index in [1.54, 1.807) is 30.3 Å². The van der Waals surface area contributed by atoms with E-state index in [-0.39, 0.29) is 0 Å². The third kappa shape index (κ3) is 6.00. The lowest BCUT2D eigenvalue weighted by atomic mass is 10.2. The zero-order valence-corrected chi connectivity index (χ0v) is 15.2. The van der Waals surface area contributed by atoms with Crippen molar-refractivity contribution in [3.8, 4) is 11.5 Å². The first-order chi connectivity index (χ1) is 12.0. The summed E-state index contributed by atoms with van der Waals surface area (Å²) in [5, 5.41) is 2.60. The van der Waals surface area contributed by atoms with Crippen molar-refractivity contribution in [1.29, 1.82) is 0 Å². The van der Waals surface area contributed by atoms with Gasteiger partial charge in [-0.05, 0) is 34.1 Å². The lowest BCUT2D eigenvalue weighted by Crippen LogP contribution is -2.20. The number of furan rings is 1. The molecule has 132 valence electrons. The maximum absolute atomic E-state index is 11.9. The average Bonchev–Trinajstić information content (AvgIpc) is 3.03. The van der Waals surface area contributed by atoms with Crippen molar-refractivity contribution in [2.45, 2.75) is 0 Å². The van der Waals surface area contributed by atoms with E-state index in [1.807, 2.05) is 0 Å². The van der Waals surface area contributed by atoms with Crippen LogP contribution in [0.15, 0.2) is 45.5 Å². The molecule has 0 fully saturated rings. The van der Waals surface area contributed by atoms with Crippen LogP contribution in [0.5, 0.6) is 11.5 Å². The summed E-state index contributed by atoms with van der Waals surface area (Å²) >= 11 is 3.15. The summed E-state index contributed by atoms with van der Waals surface area (Å²) in [7, 11) is 3.01. The highest BCUT2D eigenvalue weighted by atomic mass is 79.9. The monoisotopic (exact) mass is 409 g/mol. The Morgan fingerprint density at radius 1 is 1.16 bits per heavy atom. The number of methoxy groups -OCH3 is 2. The molecule has 0 aliphatic heterocycles. The van der Waals surface area contributed by atoms with Crippen LogP contribution in [0.25, 0.3) is 6.08 Å². The standard InChI is InChI=1S/C17H16BrNO6/c1-22-13-7-11(8-14(9-13)23-2)19-16(20)10-24-17(21)6-4-12-3-5-15(18)25-12/h3-9H,10H2,1-2H3,(H,19,20). The second kappa shape index (κ2) is 8.93. The molecule has 0 saturated heterocycles. The van der Waals surface area contributed by atoms with Gasteiger partial charge in [0.25, 0.3) is 5.91 Å². The molecule has 2 aromatic rings. The number of amides is 1. The van der Waals surface area contributed by atoms with Crippen LogP contribution in [0, 0.1) is 0 Å². The van der Waals surface area contributed by atoms with E-state index in [0.29, 0.717) is 27.6 Å². The summed E-state index contributed by atoms with van der Waals surface area (Å²) in [6, 6.07) is 8.29. The molecule has 1 amide bonds. The van der Waals surface area contributed by atoms with E-state index in [4.69, 9.17) is 18.6 Å². The minimum Gasteiger partial charge on any atom is -0.497 e. The Hall–Kier alpha value is -2.74. The summed E-state index contributed by atoms with van der Waals surface area (Å²) in [5.74, 6) is 0.388. The summed E-state index contributed by atoms with van der Waals surface area (Å²) in [4.78, 5) is 23.5. The zero-order valence-electron chi connectivity index (χ0n) is 13.6. The number of carbonyl (C=O) groups is 2. The van der Waals surface area contributed by atoms with Gasteiger partial charge in [-0.2, -0.15) is 0 Å². The van der Waals surface area contributed by atoms with Gasteiger partial charge in [-0.3, -0.25) is 4.79 Å². The van der Waals surface area contributed by atoms with Crippen molar-refractivity contribution in [1.82, 2.24) is 0 Å². The van der Waals surface area contributed by atoms with Gasteiger partial charge in [-0.1, -0.05) is 0 Å². The molecule has 1 aromatic carbocycles. The van der Waals surface area contributed by atoms with Gasteiger partial charge in [-0.15, -0.1) is 0 Å². The number of carbonyl (C=O) groups excluding carboxylic acids is 2. The molecule has 0 aliphatic carbocycles. The number of esters is 1. The van der Waals surface area contributed by atoms with Crippen LogP contribution in [0.1, 0.15) is 5.76 Å². The third-order valence-corrected chi connectivity index (χ3v) is 3.38. The van der Waals surface area contributed by atoms with Gasteiger partial charge in [0.15, 0.2) is 11.3 Å². The molecule has 8 heteroatoms. The fourth-order valence-electron chi connectivity index (χ4n) is 1.83. The SMILES string of the molecule is COc1cc(NC(=O)COC(=O)C=Cc2ccc(Br)o2)cc(OC)c1. The summed E-state index contributed by atoms with van der Waals surface area (Å²) in [6.07, 6.45) is 2.62. The number of hydrogen-bond donors (Lipinski definition) is 1. The van der Waals surface area contributed by atoms with E-state index in [9.17, 15) is 9.59 Å². The van der Waals surface area contributed by atoms with Crippen molar-refractivity contribution < 1.29 is 28.2 Å². The number of rotatable bonds is 7. The second-order valence-electron chi connectivity index (χ2n) is 4.73. The minimum absolute atomic E-state index is 0.426. The van der Waals surface area contributed by atoms with Crippen LogP contribution in [-0.2, 0) is 14.3 Å². The molecule has 25 heavy (non-hydrogen) atoms. The van der Waals surface area contributed by atoms with Gasteiger partial charge in [0.2, 0.25) is 0 Å². The molecule has 0 aliphatic rings. The molecule has 0 atom stereocenters. The van der Waals surface area contributed by atoms with Gasteiger partial charge in [0.05, 0.1) is 14.2 Å². The highest BCUT2D eigenvalue weighted by Gasteiger charge is 2.08. The van der Waals surface area contributed by atoms with Crippen molar-refractivity contribution in [3.05, 3.63) is 46.8 Å². The summed E-state index contributed by atoms with van der Waals surface area (Å²) in [5.41, 5.74) is 0.466.